The van der Waals surface area contributed by atoms with E-state index in [0.29, 0.717) is 17.0 Å². The number of rotatable bonds is 9. The monoisotopic (exact) mass is 487 g/mol. The van der Waals surface area contributed by atoms with Crippen LogP contribution in [0.15, 0.2) is 46.8 Å². The van der Waals surface area contributed by atoms with Crippen LogP contribution in [0.1, 0.15) is 59.9 Å². The molecule has 0 aromatic heterocycles. The Morgan fingerprint density at radius 2 is 1.74 bits per heavy atom. The van der Waals surface area contributed by atoms with Crippen molar-refractivity contribution >= 4 is 23.5 Å². The fourth-order valence-corrected chi connectivity index (χ4v) is 3.94. The fourth-order valence-electron chi connectivity index (χ4n) is 3.94. The average molecular weight is 488 g/mol. The zero-order valence-electron chi connectivity index (χ0n) is 21.1. The standard InChI is InChI=1S/C25H33N3O7/c1-8-34-25(31)22(13(2)3)27-23(29)19-15(6)26-16(7)20(24(30)35-14(4)5)21(19)17-10-9-11-18(12-17)28(32)33/h9-14,21-22,26H,8H2,1-7H3,(H,27,29)/t21-,22-/m1/s1. The van der Waals surface area contributed by atoms with Crippen molar-refractivity contribution in [1.29, 1.82) is 0 Å². The molecular formula is C25H33N3O7. The Kier molecular flexibility index (Phi) is 9.16. The molecule has 0 bridgehead atoms. The van der Waals surface area contributed by atoms with E-state index in [1.807, 2.05) is 0 Å². The number of carbonyl (C=O) groups excluding carboxylic acids is 3. The molecule has 0 unspecified atom stereocenters. The third-order valence-corrected chi connectivity index (χ3v) is 5.48. The molecule has 0 saturated carbocycles. The zero-order chi connectivity index (χ0) is 26.4. The van der Waals surface area contributed by atoms with Crippen LogP contribution >= 0.6 is 0 Å². The van der Waals surface area contributed by atoms with Crippen LogP contribution in [0.2, 0.25) is 0 Å². The van der Waals surface area contributed by atoms with Gasteiger partial charge in [-0.3, -0.25) is 14.9 Å². The van der Waals surface area contributed by atoms with E-state index in [1.165, 1.54) is 18.2 Å². The van der Waals surface area contributed by atoms with Crippen LogP contribution in [0.25, 0.3) is 0 Å². The molecule has 1 heterocycles. The second kappa shape index (κ2) is 11.6. The molecule has 2 N–H and O–H groups in total. The van der Waals surface area contributed by atoms with E-state index in [4.69, 9.17) is 9.47 Å². The lowest BCUT2D eigenvalue weighted by atomic mass is 9.79. The number of amides is 1. The number of ether oxygens (including phenoxy) is 2. The SMILES string of the molecule is CCOC(=O)[C@H](NC(=O)C1=C(C)NC(C)=C(C(=O)OC(C)C)[C@@H]1c1cccc([N+](=O)[O-])c1)C(C)C. The molecule has 0 radical (unpaired) electrons. The van der Waals surface area contributed by atoms with Crippen molar-refractivity contribution in [2.75, 3.05) is 6.61 Å². The number of esters is 2. The van der Waals surface area contributed by atoms with Gasteiger partial charge >= 0.3 is 11.9 Å². The normalized spacial score (nSPS) is 16.7. The molecule has 10 nitrogen and oxygen atoms in total. The molecule has 2 atom stereocenters. The van der Waals surface area contributed by atoms with Gasteiger partial charge in [0.1, 0.15) is 6.04 Å². The topological polar surface area (TPSA) is 137 Å². The Bertz CT molecular complexity index is 1070. The summed E-state index contributed by atoms with van der Waals surface area (Å²) in [5, 5.41) is 17.2. The summed E-state index contributed by atoms with van der Waals surface area (Å²) in [4.78, 5) is 50.1. The third-order valence-electron chi connectivity index (χ3n) is 5.48. The van der Waals surface area contributed by atoms with Crippen LogP contribution in [0, 0.1) is 16.0 Å². The number of hydrogen-bond donors (Lipinski definition) is 2. The van der Waals surface area contributed by atoms with E-state index in [-0.39, 0.29) is 29.4 Å². The fraction of sp³-hybridized carbons (Fsp3) is 0.480. The number of nitrogens with zero attached hydrogens (tertiary/aromatic N) is 1. The van der Waals surface area contributed by atoms with Crippen LogP contribution in [0.3, 0.4) is 0 Å². The minimum atomic E-state index is -0.961. The van der Waals surface area contributed by atoms with Crippen molar-refractivity contribution in [2.24, 2.45) is 5.92 Å². The number of nitrogens with one attached hydrogen (secondary N) is 2. The van der Waals surface area contributed by atoms with E-state index < -0.39 is 40.8 Å². The van der Waals surface area contributed by atoms with E-state index in [1.54, 1.807) is 54.5 Å². The van der Waals surface area contributed by atoms with Gasteiger partial charge in [0, 0.05) is 29.1 Å². The summed E-state index contributed by atoms with van der Waals surface area (Å²) in [6.45, 7) is 12.1. The average Bonchev–Trinajstić information content (AvgIpc) is 2.76. The lowest BCUT2D eigenvalue weighted by molar-refractivity contribution is -0.384. The largest absolute Gasteiger partial charge is 0.464 e. The number of benzene rings is 1. The first-order valence-electron chi connectivity index (χ1n) is 11.5. The quantitative estimate of drug-likeness (QED) is 0.307. The molecule has 0 saturated heterocycles. The van der Waals surface area contributed by atoms with Crippen LogP contribution in [-0.4, -0.2) is 41.5 Å². The molecule has 0 aliphatic carbocycles. The first-order valence-corrected chi connectivity index (χ1v) is 11.5. The summed E-state index contributed by atoms with van der Waals surface area (Å²) < 4.78 is 10.6. The van der Waals surface area contributed by atoms with Crippen molar-refractivity contribution < 1.29 is 28.8 Å². The summed E-state index contributed by atoms with van der Waals surface area (Å²) >= 11 is 0. The number of carbonyl (C=O) groups is 3. The maximum Gasteiger partial charge on any atom is 0.337 e. The summed E-state index contributed by atoms with van der Waals surface area (Å²) in [7, 11) is 0. The molecule has 2 rings (SSSR count). The maximum atomic E-state index is 13.6. The first kappa shape index (κ1) is 27.6. The summed E-state index contributed by atoms with van der Waals surface area (Å²) in [5.74, 6) is -3.05. The number of hydrogen-bond acceptors (Lipinski definition) is 8. The van der Waals surface area contributed by atoms with Crippen LogP contribution < -0.4 is 10.6 Å². The van der Waals surface area contributed by atoms with Gasteiger partial charge in [-0.15, -0.1) is 0 Å². The third kappa shape index (κ3) is 6.46. The number of dihydropyridines is 1. The highest BCUT2D eigenvalue weighted by atomic mass is 16.6. The highest BCUT2D eigenvalue weighted by molar-refractivity contribution is 6.03. The minimum Gasteiger partial charge on any atom is -0.464 e. The van der Waals surface area contributed by atoms with Crippen molar-refractivity contribution in [1.82, 2.24) is 10.6 Å². The smallest absolute Gasteiger partial charge is 0.337 e. The second-order valence-corrected chi connectivity index (χ2v) is 8.89. The highest BCUT2D eigenvalue weighted by Gasteiger charge is 2.39. The Morgan fingerprint density at radius 3 is 2.29 bits per heavy atom. The second-order valence-electron chi connectivity index (χ2n) is 8.89. The van der Waals surface area contributed by atoms with E-state index >= 15 is 0 Å². The summed E-state index contributed by atoms with van der Waals surface area (Å²) in [6, 6.07) is 4.85. The maximum absolute atomic E-state index is 13.6. The van der Waals surface area contributed by atoms with Crippen molar-refractivity contribution in [3.05, 3.63) is 62.5 Å². The van der Waals surface area contributed by atoms with Crippen LogP contribution in [0.4, 0.5) is 5.69 Å². The molecule has 1 aliphatic heterocycles. The summed E-state index contributed by atoms with van der Waals surface area (Å²) in [6.07, 6.45) is -0.424. The Hall–Kier alpha value is -3.69. The predicted molar refractivity (Wildman–Crippen MR) is 129 cm³/mol. The predicted octanol–water partition coefficient (Wildman–Crippen LogP) is 3.49. The molecule has 10 heteroatoms. The number of nitro benzene ring substituents is 1. The molecule has 190 valence electrons. The van der Waals surface area contributed by atoms with Gasteiger partial charge < -0.3 is 20.1 Å². The van der Waals surface area contributed by atoms with Gasteiger partial charge in [0.05, 0.1) is 29.1 Å². The van der Waals surface area contributed by atoms with Gasteiger partial charge in [0.15, 0.2) is 0 Å². The molecule has 1 amide bonds. The van der Waals surface area contributed by atoms with E-state index in [0.717, 1.165) is 0 Å². The number of non-ortho nitro benzene ring substituents is 1. The van der Waals surface area contributed by atoms with Crippen LogP contribution in [0.5, 0.6) is 0 Å². The molecule has 1 aliphatic rings. The number of allylic oxidation sites excluding steroid dienone is 2. The van der Waals surface area contributed by atoms with Gasteiger partial charge in [-0.25, -0.2) is 9.59 Å². The van der Waals surface area contributed by atoms with Crippen molar-refractivity contribution in [3.63, 3.8) is 0 Å². The first-order chi connectivity index (χ1) is 16.4. The summed E-state index contributed by atoms with van der Waals surface area (Å²) in [5.41, 5.74) is 1.42. The molecule has 0 spiro atoms. The Morgan fingerprint density at radius 1 is 1.11 bits per heavy atom. The number of nitro groups is 1. The molecule has 0 fully saturated rings. The van der Waals surface area contributed by atoms with E-state index in [2.05, 4.69) is 10.6 Å². The lowest BCUT2D eigenvalue weighted by Crippen LogP contribution is -2.47. The molecular weight excluding hydrogens is 454 g/mol. The van der Waals surface area contributed by atoms with Gasteiger partial charge in [0.25, 0.3) is 11.6 Å². The Labute approximate surface area is 204 Å². The van der Waals surface area contributed by atoms with Gasteiger partial charge in [-0.1, -0.05) is 26.0 Å². The van der Waals surface area contributed by atoms with Crippen LogP contribution in [-0.2, 0) is 23.9 Å². The van der Waals surface area contributed by atoms with E-state index in [9.17, 15) is 24.5 Å². The van der Waals surface area contributed by atoms with Crippen molar-refractivity contribution in [2.45, 2.75) is 66.5 Å². The minimum absolute atomic E-state index is 0.154. The van der Waals surface area contributed by atoms with Gasteiger partial charge in [0.2, 0.25) is 0 Å². The van der Waals surface area contributed by atoms with Gasteiger partial charge in [-0.05, 0) is 46.1 Å². The Balaban J connectivity index is 2.64. The van der Waals surface area contributed by atoms with Crippen molar-refractivity contribution in [3.8, 4) is 0 Å². The highest BCUT2D eigenvalue weighted by Crippen LogP contribution is 2.40. The molecule has 1 aromatic carbocycles. The lowest BCUT2D eigenvalue weighted by Gasteiger charge is -2.32. The zero-order valence-corrected chi connectivity index (χ0v) is 21.1. The molecule has 35 heavy (non-hydrogen) atoms. The van der Waals surface area contributed by atoms with Gasteiger partial charge in [-0.2, -0.15) is 0 Å². The molecule has 1 aromatic rings.